The number of benzene rings is 1. The molecule has 3 rings (SSSR count). The third-order valence-electron chi connectivity index (χ3n) is 3.48. The van der Waals surface area contributed by atoms with Crippen LogP contribution in [0.1, 0.15) is 18.1 Å². The number of hydrogen-bond acceptors (Lipinski definition) is 3. The van der Waals surface area contributed by atoms with E-state index in [1.165, 1.54) is 11.8 Å². The Morgan fingerprint density at radius 1 is 1.45 bits per heavy atom. The predicted octanol–water partition coefficient (Wildman–Crippen LogP) is 3.31. The molecule has 106 valence electrons. The second kappa shape index (κ2) is 5.77. The van der Waals surface area contributed by atoms with Crippen molar-refractivity contribution in [3.8, 4) is 0 Å². The van der Waals surface area contributed by atoms with Gasteiger partial charge in [0, 0.05) is 28.0 Å². The molecule has 3 nitrogen and oxygen atoms in total. The molecular weight excluding hydrogens is 358 g/mol. The highest BCUT2D eigenvalue weighted by atomic mass is 79.9. The fourth-order valence-electron chi connectivity index (χ4n) is 2.35. The van der Waals surface area contributed by atoms with Gasteiger partial charge in [-0.15, -0.1) is 0 Å². The summed E-state index contributed by atoms with van der Waals surface area (Å²) in [5.74, 6) is 0. The molecule has 6 heteroatoms. The van der Waals surface area contributed by atoms with Crippen LogP contribution in [0.25, 0.3) is 0 Å². The summed E-state index contributed by atoms with van der Waals surface area (Å²) in [5.41, 5.74) is 0.723. The second-order valence-corrected chi connectivity index (χ2v) is 8.23. The van der Waals surface area contributed by atoms with Gasteiger partial charge in [0.15, 0.2) is 0 Å². The maximum atomic E-state index is 12.7. The molecule has 2 heterocycles. The molecule has 2 bridgehead atoms. The van der Waals surface area contributed by atoms with Crippen LogP contribution in [0.3, 0.4) is 0 Å². The Morgan fingerprint density at radius 3 is 3.00 bits per heavy atom. The van der Waals surface area contributed by atoms with Gasteiger partial charge < -0.3 is 5.11 Å². The van der Waals surface area contributed by atoms with Gasteiger partial charge >= 0.3 is 0 Å². The van der Waals surface area contributed by atoms with Crippen molar-refractivity contribution >= 4 is 38.7 Å². The van der Waals surface area contributed by atoms with Gasteiger partial charge in [-0.2, -0.15) is 0 Å². The van der Waals surface area contributed by atoms with Gasteiger partial charge in [-0.3, -0.25) is 0 Å². The van der Waals surface area contributed by atoms with Gasteiger partial charge in [-0.25, -0.2) is 8.51 Å². The maximum absolute atomic E-state index is 12.7. The van der Waals surface area contributed by atoms with E-state index in [-0.39, 0.29) is 6.04 Å². The number of fused-ring (bicyclic) bond motifs is 2. The smallest absolute Gasteiger partial charge is 0.128 e. The first-order valence-corrected chi connectivity index (χ1v) is 9.00. The minimum atomic E-state index is -1.27. The van der Waals surface area contributed by atoms with E-state index < -0.39 is 17.1 Å². The zero-order valence-electron chi connectivity index (χ0n) is 10.8. The van der Waals surface area contributed by atoms with Crippen molar-refractivity contribution < 1.29 is 9.32 Å². The fraction of sp³-hybridized carbons (Fsp3) is 0.286. The Balaban J connectivity index is 2.16. The summed E-state index contributed by atoms with van der Waals surface area (Å²) >= 11 is 5.05. The molecule has 1 aromatic carbocycles. The first kappa shape index (κ1) is 14.5. The molecule has 0 fully saturated rings. The minimum Gasteiger partial charge on any atom is -0.383 e. The minimum absolute atomic E-state index is 0.00876. The monoisotopic (exact) mass is 371 g/mol. The number of rotatable bonds is 0. The highest BCUT2D eigenvalue weighted by Crippen LogP contribution is 2.41. The highest BCUT2D eigenvalue weighted by Gasteiger charge is 2.30. The van der Waals surface area contributed by atoms with Crippen molar-refractivity contribution in [2.75, 3.05) is 7.05 Å². The van der Waals surface area contributed by atoms with Gasteiger partial charge in [-0.1, -0.05) is 52.0 Å². The van der Waals surface area contributed by atoms with Crippen LogP contribution in [-0.2, 0) is 11.0 Å². The zero-order chi connectivity index (χ0) is 14.3. The molecule has 20 heavy (non-hydrogen) atoms. The first-order chi connectivity index (χ1) is 9.58. The standard InChI is InChI=1S/C14H14BrNO2S2/c1-16-10-6-9(15)8-19-12(7-10)14(17)11-4-2-3-5-13(11)20(16)18/h2-5,7-8,10,14,17H,6H2,1H3. The van der Waals surface area contributed by atoms with Crippen LogP contribution in [0.5, 0.6) is 0 Å². The van der Waals surface area contributed by atoms with Crippen molar-refractivity contribution in [1.29, 1.82) is 0 Å². The van der Waals surface area contributed by atoms with E-state index in [9.17, 15) is 9.32 Å². The number of aliphatic hydroxyl groups is 1. The first-order valence-electron chi connectivity index (χ1n) is 6.22. The molecular formula is C14H14BrNO2S2. The molecule has 2 aliphatic heterocycles. The van der Waals surface area contributed by atoms with E-state index >= 15 is 0 Å². The van der Waals surface area contributed by atoms with Crippen LogP contribution >= 0.6 is 27.7 Å². The fourth-order valence-corrected chi connectivity index (χ4v) is 5.09. The van der Waals surface area contributed by atoms with Crippen LogP contribution in [0.4, 0.5) is 0 Å². The number of aliphatic hydroxyl groups excluding tert-OH is 1. The lowest BCUT2D eigenvalue weighted by molar-refractivity contribution is 0.219. The summed E-state index contributed by atoms with van der Waals surface area (Å²) in [6, 6.07) is 7.41. The third-order valence-corrected chi connectivity index (χ3v) is 6.92. The zero-order valence-corrected chi connectivity index (χ0v) is 14.0. The van der Waals surface area contributed by atoms with E-state index in [4.69, 9.17) is 0 Å². The number of nitrogens with zero attached hydrogens (tertiary/aromatic N) is 1. The Labute approximate surface area is 133 Å². The average Bonchev–Trinajstić information content (AvgIpc) is 2.66. The predicted molar refractivity (Wildman–Crippen MR) is 86.7 cm³/mol. The Bertz CT molecular complexity index is 629. The normalized spacial score (nSPS) is 30.4. The van der Waals surface area contributed by atoms with Gasteiger partial charge in [0.1, 0.15) is 17.1 Å². The topological polar surface area (TPSA) is 40.5 Å². The Hall–Kier alpha value is -0.400. The van der Waals surface area contributed by atoms with Crippen molar-refractivity contribution in [2.45, 2.75) is 23.5 Å². The van der Waals surface area contributed by atoms with Gasteiger partial charge in [-0.05, 0) is 17.9 Å². The molecule has 0 aromatic heterocycles. The number of likely N-dealkylation sites (N-methyl/N-ethyl adjacent to an activating group) is 1. The second-order valence-electron chi connectivity index (χ2n) is 4.76. The Morgan fingerprint density at radius 2 is 2.20 bits per heavy atom. The van der Waals surface area contributed by atoms with E-state index in [1.54, 1.807) is 0 Å². The number of hydrogen-bond donors (Lipinski definition) is 1. The quantitative estimate of drug-likeness (QED) is 0.760. The average molecular weight is 372 g/mol. The number of thioether (sulfide) groups is 1. The van der Waals surface area contributed by atoms with Crippen molar-refractivity contribution in [1.82, 2.24) is 4.31 Å². The highest BCUT2D eigenvalue weighted by molar-refractivity contribution is 9.11. The van der Waals surface area contributed by atoms with Crippen molar-refractivity contribution in [3.63, 3.8) is 0 Å². The van der Waals surface area contributed by atoms with Crippen LogP contribution < -0.4 is 0 Å². The molecule has 2 aliphatic rings. The molecule has 0 aliphatic carbocycles. The SMILES string of the molecule is CN1C2C=C(SC=C(Br)C2)C(O)c2ccccc2S1=O. The van der Waals surface area contributed by atoms with E-state index in [1.807, 2.05) is 47.1 Å². The summed E-state index contributed by atoms with van der Waals surface area (Å²) in [4.78, 5) is 1.58. The molecule has 3 atom stereocenters. The largest absolute Gasteiger partial charge is 0.383 e. The third kappa shape index (κ3) is 2.55. The summed E-state index contributed by atoms with van der Waals surface area (Å²) < 4.78 is 15.6. The lowest BCUT2D eigenvalue weighted by Gasteiger charge is -2.29. The van der Waals surface area contributed by atoms with Crippen LogP contribution in [0, 0.1) is 0 Å². The van der Waals surface area contributed by atoms with Gasteiger partial charge in [0.2, 0.25) is 0 Å². The lowest BCUT2D eigenvalue weighted by atomic mass is 10.1. The lowest BCUT2D eigenvalue weighted by Crippen LogP contribution is -2.34. The molecule has 1 aromatic rings. The summed E-state index contributed by atoms with van der Waals surface area (Å²) in [6.07, 6.45) is 2.06. The van der Waals surface area contributed by atoms with Gasteiger partial charge in [0.25, 0.3) is 0 Å². The van der Waals surface area contributed by atoms with E-state index in [2.05, 4.69) is 15.9 Å². The van der Waals surface area contributed by atoms with Crippen LogP contribution in [0.15, 0.2) is 50.0 Å². The molecule has 3 unspecified atom stereocenters. The number of halogens is 1. The van der Waals surface area contributed by atoms with Crippen molar-refractivity contribution in [3.05, 3.63) is 50.7 Å². The van der Waals surface area contributed by atoms with E-state index in [0.29, 0.717) is 4.90 Å². The van der Waals surface area contributed by atoms with Crippen LogP contribution in [0.2, 0.25) is 0 Å². The molecule has 0 radical (unpaired) electrons. The van der Waals surface area contributed by atoms with E-state index in [0.717, 1.165) is 21.4 Å². The van der Waals surface area contributed by atoms with Crippen molar-refractivity contribution in [2.24, 2.45) is 0 Å². The molecule has 0 spiro atoms. The van der Waals surface area contributed by atoms with Crippen LogP contribution in [-0.4, -0.2) is 26.7 Å². The summed E-state index contributed by atoms with van der Waals surface area (Å²) in [7, 11) is 0.589. The summed E-state index contributed by atoms with van der Waals surface area (Å²) in [6.45, 7) is 0. The molecule has 0 amide bonds. The Kier molecular flexibility index (Phi) is 4.19. The van der Waals surface area contributed by atoms with Gasteiger partial charge in [0.05, 0.1) is 4.90 Å². The molecule has 1 N–H and O–H groups in total. The molecule has 0 saturated heterocycles. The maximum Gasteiger partial charge on any atom is 0.128 e. The summed E-state index contributed by atoms with van der Waals surface area (Å²) in [5, 5.41) is 12.6. The molecule has 0 saturated carbocycles.